The lowest BCUT2D eigenvalue weighted by Gasteiger charge is -2.39. The van der Waals surface area contributed by atoms with Gasteiger partial charge in [-0.3, -0.25) is 0 Å². The van der Waals surface area contributed by atoms with Gasteiger partial charge in [0.25, 0.3) is 0 Å². The van der Waals surface area contributed by atoms with Crippen molar-refractivity contribution in [2.45, 2.75) is 58.3 Å². The third-order valence-corrected chi connectivity index (χ3v) is 5.01. The summed E-state index contributed by atoms with van der Waals surface area (Å²) in [6, 6.07) is 10.9. The largest absolute Gasteiger partial charge is 0.198 e. The summed E-state index contributed by atoms with van der Waals surface area (Å²) in [5, 5.41) is 8.72. The van der Waals surface area contributed by atoms with Crippen LogP contribution >= 0.6 is 0 Å². The van der Waals surface area contributed by atoms with E-state index in [2.05, 4.69) is 51.1 Å². The topological polar surface area (TPSA) is 23.8 Å². The van der Waals surface area contributed by atoms with Crippen LogP contribution in [-0.4, -0.2) is 0 Å². The molecule has 2 rings (SSSR count). The van der Waals surface area contributed by atoms with Crippen molar-refractivity contribution in [1.82, 2.24) is 0 Å². The second-order valence-electron chi connectivity index (χ2n) is 6.67. The van der Waals surface area contributed by atoms with Crippen LogP contribution in [0.1, 0.15) is 57.6 Å². The number of nitrogens with zero attached hydrogens (tertiary/aromatic N) is 1. The molecule has 19 heavy (non-hydrogen) atoms. The Bertz CT molecular complexity index is 442. The Morgan fingerprint density at radius 1 is 1.21 bits per heavy atom. The standard InChI is InChI=1S/C18H25N/c1-14(2)16-8-11-18(3,12-9-16)17-6-4-15(5-7-17)10-13-19/h4-7,14,16H,8-12H2,1-3H3. The summed E-state index contributed by atoms with van der Waals surface area (Å²) in [5.41, 5.74) is 2.93. The number of benzene rings is 1. The van der Waals surface area contributed by atoms with Gasteiger partial charge < -0.3 is 0 Å². The predicted molar refractivity (Wildman–Crippen MR) is 79.9 cm³/mol. The van der Waals surface area contributed by atoms with Gasteiger partial charge in [-0.25, -0.2) is 0 Å². The van der Waals surface area contributed by atoms with Crippen LogP contribution in [0.5, 0.6) is 0 Å². The van der Waals surface area contributed by atoms with Gasteiger partial charge in [-0.1, -0.05) is 45.0 Å². The first-order valence-corrected chi connectivity index (χ1v) is 7.51. The van der Waals surface area contributed by atoms with Crippen LogP contribution in [0.2, 0.25) is 0 Å². The number of nitriles is 1. The Hall–Kier alpha value is -1.29. The maximum absolute atomic E-state index is 8.72. The van der Waals surface area contributed by atoms with Crippen molar-refractivity contribution in [3.05, 3.63) is 35.4 Å². The van der Waals surface area contributed by atoms with Gasteiger partial charge in [0.15, 0.2) is 0 Å². The van der Waals surface area contributed by atoms with Crippen molar-refractivity contribution in [2.24, 2.45) is 11.8 Å². The van der Waals surface area contributed by atoms with Gasteiger partial charge in [0, 0.05) is 0 Å². The Balaban J connectivity index is 2.07. The summed E-state index contributed by atoms with van der Waals surface area (Å²) in [5.74, 6) is 1.73. The van der Waals surface area contributed by atoms with E-state index in [-0.39, 0.29) is 0 Å². The smallest absolute Gasteiger partial charge is 0.0669 e. The van der Waals surface area contributed by atoms with Gasteiger partial charge >= 0.3 is 0 Å². The molecule has 0 N–H and O–H groups in total. The highest BCUT2D eigenvalue weighted by Gasteiger charge is 2.33. The molecular formula is C18H25N. The molecule has 1 heteroatoms. The van der Waals surface area contributed by atoms with Crippen molar-refractivity contribution >= 4 is 0 Å². The van der Waals surface area contributed by atoms with Crippen molar-refractivity contribution in [2.75, 3.05) is 0 Å². The summed E-state index contributed by atoms with van der Waals surface area (Å²) in [6.45, 7) is 7.11. The first-order valence-electron chi connectivity index (χ1n) is 7.51. The normalized spacial score (nSPS) is 27.2. The summed E-state index contributed by atoms with van der Waals surface area (Å²) >= 11 is 0. The molecule has 0 radical (unpaired) electrons. The van der Waals surface area contributed by atoms with Gasteiger partial charge in [0.05, 0.1) is 12.5 Å². The van der Waals surface area contributed by atoms with Crippen LogP contribution in [0.25, 0.3) is 0 Å². The number of hydrogen-bond donors (Lipinski definition) is 0. The molecule has 1 fully saturated rings. The van der Waals surface area contributed by atoms with Crippen molar-refractivity contribution in [3.8, 4) is 6.07 Å². The highest BCUT2D eigenvalue weighted by molar-refractivity contribution is 5.30. The average molecular weight is 255 g/mol. The predicted octanol–water partition coefficient (Wildman–Crippen LogP) is 4.86. The minimum absolute atomic E-state index is 0.344. The number of rotatable bonds is 3. The lowest BCUT2D eigenvalue weighted by molar-refractivity contribution is 0.204. The molecular weight excluding hydrogens is 230 g/mol. The zero-order valence-corrected chi connectivity index (χ0v) is 12.4. The number of hydrogen-bond acceptors (Lipinski definition) is 1. The highest BCUT2D eigenvalue weighted by atomic mass is 14.4. The Morgan fingerprint density at radius 3 is 2.26 bits per heavy atom. The zero-order valence-electron chi connectivity index (χ0n) is 12.4. The van der Waals surface area contributed by atoms with Gasteiger partial charge in [-0.05, 0) is 54.1 Å². The molecule has 1 aliphatic carbocycles. The third-order valence-electron chi connectivity index (χ3n) is 5.01. The van der Waals surface area contributed by atoms with E-state index in [0.29, 0.717) is 11.8 Å². The van der Waals surface area contributed by atoms with Crippen LogP contribution in [0, 0.1) is 23.2 Å². The van der Waals surface area contributed by atoms with Crippen LogP contribution in [0.3, 0.4) is 0 Å². The molecule has 0 saturated heterocycles. The Kier molecular flexibility index (Phi) is 4.30. The van der Waals surface area contributed by atoms with Crippen molar-refractivity contribution < 1.29 is 0 Å². The van der Waals surface area contributed by atoms with E-state index in [9.17, 15) is 0 Å². The first-order chi connectivity index (χ1) is 9.05. The van der Waals surface area contributed by atoms with Crippen LogP contribution in [0.4, 0.5) is 0 Å². The van der Waals surface area contributed by atoms with E-state index in [1.54, 1.807) is 0 Å². The fraction of sp³-hybridized carbons (Fsp3) is 0.611. The molecule has 1 nitrogen and oxygen atoms in total. The third kappa shape index (κ3) is 3.18. The highest BCUT2D eigenvalue weighted by Crippen LogP contribution is 2.43. The molecule has 0 aliphatic heterocycles. The van der Waals surface area contributed by atoms with Gasteiger partial charge in [-0.2, -0.15) is 5.26 Å². The summed E-state index contributed by atoms with van der Waals surface area (Å²) in [6.07, 6.45) is 5.83. The Labute approximate surface area is 117 Å². The maximum Gasteiger partial charge on any atom is 0.0669 e. The van der Waals surface area contributed by atoms with E-state index >= 15 is 0 Å². The van der Waals surface area contributed by atoms with Crippen molar-refractivity contribution in [3.63, 3.8) is 0 Å². The SMILES string of the molecule is CC(C)C1CCC(C)(c2ccc(CC#N)cc2)CC1. The van der Waals surface area contributed by atoms with E-state index in [1.165, 1.54) is 31.2 Å². The molecule has 102 valence electrons. The fourth-order valence-electron chi connectivity index (χ4n) is 3.35. The van der Waals surface area contributed by atoms with E-state index in [0.717, 1.165) is 17.4 Å². The first kappa shape index (κ1) is 14.1. The van der Waals surface area contributed by atoms with Crippen LogP contribution < -0.4 is 0 Å². The van der Waals surface area contributed by atoms with Gasteiger partial charge in [0.2, 0.25) is 0 Å². The summed E-state index contributed by atoms with van der Waals surface area (Å²) < 4.78 is 0. The quantitative estimate of drug-likeness (QED) is 0.757. The molecule has 0 unspecified atom stereocenters. The Morgan fingerprint density at radius 2 is 1.79 bits per heavy atom. The maximum atomic E-state index is 8.72. The molecule has 0 aromatic heterocycles. The molecule has 1 aromatic rings. The lowest BCUT2D eigenvalue weighted by Crippen LogP contribution is -2.30. The summed E-state index contributed by atoms with van der Waals surface area (Å²) in [7, 11) is 0. The fourth-order valence-corrected chi connectivity index (χ4v) is 3.35. The molecule has 0 spiro atoms. The summed E-state index contributed by atoms with van der Waals surface area (Å²) in [4.78, 5) is 0. The van der Waals surface area contributed by atoms with Gasteiger partial charge in [0.1, 0.15) is 0 Å². The molecule has 1 aromatic carbocycles. The van der Waals surface area contributed by atoms with Gasteiger partial charge in [-0.15, -0.1) is 0 Å². The molecule has 1 aliphatic rings. The minimum Gasteiger partial charge on any atom is -0.198 e. The molecule has 0 bridgehead atoms. The molecule has 0 amide bonds. The molecule has 0 heterocycles. The zero-order chi connectivity index (χ0) is 13.9. The molecule has 0 atom stereocenters. The van der Waals surface area contributed by atoms with E-state index < -0.39 is 0 Å². The van der Waals surface area contributed by atoms with Crippen molar-refractivity contribution in [1.29, 1.82) is 5.26 Å². The second-order valence-corrected chi connectivity index (χ2v) is 6.67. The second kappa shape index (κ2) is 5.78. The van der Waals surface area contributed by atoms with E-state index in [4.69, 9.17) is 5.26 Å². The van der Waals surface area contributed by atoms with Crippen LogP contribution in [0.15, 0.2) is 24.3 Å². The van der Waals surface area contributed by atoms with Crippen LogP contribution in [-0.2, 0) is 11.8 Å². The average Bonchev–Trinajstić information content (AvgIpc) is 2.40. The molecule has 1 saturated carbocycles. The lowest BCUT2D eigenvalue weighted by atomic mass is 9.66. The van der Waals surface area contributed by atoms with E-state index in [1.807, 2.05) is 0 Å². The minimum atomic E-state index is 0.344. The monoisotopic (exact) mass is 255 g/mol.